The van der Waals surface area contributed by atoms with Crippen LogP contribution < -0.4 is 5.73 Å². The summed E-state index contributed by atoms with van der Waals surface area (Å²) < 4.78 is 5.19. The van der Waals surface area contributed by atoms with Gasteiger partial charge < -0.3 is 10.3 Å². The average molecular weight is 300 g/mol. The Balaban J connectivity index is 2.21. The average Bonchev–Trinajstić information content (AvgIpc) is 2.76. The predicted molar refractivity (Wildman–Crippen MR) is 76.3 cm³/mol. The zero-order valence-corrected chi connectivity index (χ0v) is 12.2. The first-order valence-corrected chi connectivity index (χ1v) is 6.76. The van der Waals surface area contributed by atoms with E-state index in [2.05, 4.69) is 24.0 Å². The molecule has 2 aromatic rings. The monoisotopic (exact) mass is 299 g/mol. The van der Waals surface area contributed by atoms with Crippen molar-refractivity contribution in [3.8, 4) is 11.4 Å². The molecule has 0 radical (unpaired) electrons. The first kappa shape index (κ1) is 14.3. The fourth-order valence-corrected chi connectivity index (χ4v) is 2.10. The lowest BCUT2D eigenvalue weighted by Crippen LogP contribution is -2.28. The Bertz CT molecular complexity index is 549. The van der Waals surface area contributed by atoms with E-state index in [0.29, 0.717) is 34.1 Å². The number of halogens is 2. The summed E-state index contributed by atoms with van der Waals surface area (Å²) in [6, 6.07) is 5.13. The predicted octanol–water partition coefficient (Wildman–Crippen LogP) is 3.57. The van der Waals surface area contributed by atoms with Crippen LogP contribution in [-0.4, -0.2) is 16.2 Å². The van der Waals surface area contributed by atoms with Crippen molar-refractivity contribution in [3.63, 3.8) is 0 Å². The van der Waals surface area contributed by atoms with Crippen molar-refractivity contribution >= 4 is 23.2 Å². The van der Waals surface area contributed by atoms with Gasteiger partial charge in [0.15, 0.2) is 0 Å². The molecule has 0 aliphatic carbocycles. The molecular weight excluding hydrogens is 285 g/mol. The van der Waals surface area contributed by atoms with Gasteiger partial charge in [0.05, 0.1) is 0 Å². The van der Waals surface area contributed by atoms with Crippen LogP contribution in [0.15, 0.2) is 22.7 Å². The van der Waals surface area contributed by atoms with Crippen LogP contribution in [0.3, 0.4) is 0 Å². The van der Waals surface area contributed by atoms with Gasteiger partial charge in [-0.1, -0.05) is 42.2 Å². The molecular formula is C13H15Cl2N3O. The Kier molecular flexibility index (Phi) is 4.45. The van der Waals surface area contributed by atoms with Crippen LogP contribution in [-0.2, 0) is 6.42 Å². The van der Waals surface area contributed by atoms with Crippen LogP contribution in [0.4, 0.5) is 0 Å². The lowest BCUT2D eigenvalue weighted by atomic mass is 10.0. The highest BCUT2D eigenvalue weighted by Gasteiger charge is 2.15. The molecule has 6 heteroatoms. The van der Waals surface area contributed by atoms with Gasteiger partial charge in [0.2, 0.25) is 11.7 Å². The molecule has 1 heterocycles. The largest absolute Gasteiger partial charge is 0.339 e. The molecule has 2 N–H and O–H groups in total. The summed E-state index contributed by atoms with van der Waals surface area (Å²) >= 11 is 11.9. The van der Waals surface area contributed by atoms with Crippen molar-refractivity contribution in [1.29, 1.82) is 0 Å². The minimum absolute atomic E-state index is 0.00347. The highest BCUT2D eigenvalue weighted by Crippen LogP contribution is 2.25. The van der Waals surface area contributed by atoms with E-state index in [1.807, 2.05) is 0 Å². The fraction of sp³-hybridized carbons (Fsp3) is 0.385. The summed E-state index contributed by atoms with van der Waals surface area (Å²) in [5, 5.41) is 4.99. The van der Waals surface area contributed by atoms with E-state index in [-0.39, 0.29) is 6.04 Å². The molecule has 0 fully saturated rings. The number of hydrogen-bond acceptors (Lipinski definition) is 4. The topological polar surface area (TPSA) is 64.9 Å². The van der Waals surface area contributed by atoms with E-state index in [9.17, 15) is 0 Å². The van der Waals surface area contributed by atoms with E-state index in [1.165, 1.54) is 0 Å². The van der Waals surface area contributed by atoms with Crippen molar-refractivity contribution in [2.45, 2.75) is 26.3 Å². The van der Waals surface area contributed by atoms with Crippen LogP contribution in [0.5, 0.6) is 0 Å². The van der Waals surface area contributed by atoms with E-state index in [0.717, 1.165) is 5.56 Å². The number of benzene rings is 1. The van der Waals surface area contributed by atoms with Gasteiger partial charge in [-0.05, 0) is 24.1 Å². The highest BCUT2D eigenvalue weighted by atomic mass is 35.5. The maximum Gasteiger partial charge on any atom is 0.228 e. The third-order valence-corrected chi connectivity index (χ3v) is 3.29. The number of nitrogens with two attached hydrogens (primary N) is 1. The van der Waals surface area contributed by atoms with Gasteiger partial charge in [-0.15, -0.1) is 0 Å². The minimum atomic E-state index is -0.00347. The first-order valence-electron chi connectivity index (χ1n) is 6.00. The molecule has 1 atom stereocenters. The van der Waals surface area contributed by atoms with Gasteiger partial charge in [0, 0.05) is 28.1 Å². The first-order chi connectivity index (χ1) is 8.95. The summed E-state index contributed by atoms with van der Waals surface area (Å²) in [6.07, 6.45) is 0.555. The lowest BCUT2D eigenvalue weighted by Gasteiger charge is -2.11. The van der Waals surface area contributed by atoms with Crippen molar-refractivity contribution in [1.82, 2.24) is 10.1 Å². The van der Waals surface area contributed by atoms with Crippen molar-refractivity contribution in [3.05, 3.63) is 34.1 Å². The smallest absolute Gasteiger partial charge is 0.228 e. The molecule has 0 amide bonds. The quantitative estimate of drug-likeness (QED) is 0.937. The molecule has 0 aliphatic heterocycles. The van der Waals surface area contributed by atoms with Gasteiger partial charge in [-0.3, -0.25) is 0 Å². The van der Waals surface area contributed by atoms with Crippen LogP contribution in [0.2, 0.25) is 10.0 Å². The third-order valence-electron chi connectivity index (χ3n) is 2.86. The van der Waals surface area contributed by atoms with Gasteiger partial charge in [0.1, 0.15) is 0 Å². The Morgan fingerprint density at radius 2 is 1.84 bits per heavy atom. The lowest BCUT2D eigenvalue weighted by molar-refractivity contribution is 0.353. The SMILES string of the molecule is CC(C)C(N)Cc1nc(-c2cc(Cl)cc(Cl)c2)no1. The van der Waals surface area contributed by atoms with Gasteiger partial charge in [-0.2, -0.15) is 4.98 Å². The molecule has 1 unspecified atom stereocenters. The zero-order valence-electron chi connectivity index (χ0n) is 10.7. The summed E-state index contributed by atoms with van der Waals surface area (Å²) in [5.41, 5.74) is 6.70. The maximum atomic E-state index is 5.97. The number of nitrogens with zero attached hydrogens (tertiary/aromatic N) is 2. The summed E-state index contributed by atoms with van der Waals surface area (Å²) in [5.74, 6) is 1.35. The molecule has 0 spiro atoms. The zero-order chi connectivity index (χ0) is 14.0. The van der Waals surface area contributed by atoms with Crippen molar-refractivity contribution in [2.24, 2.45) is 11.7 Å². The second-order valence-corrected chi connectivity index (χ2v) is 5.65. The molecule has 1 aromatic carbocycles. The summed E-state index contributed by atoms with van der Waals surface area (Å²) in [7, 11) is 0. The van der Waals surface area contributed by atoms with E-state index >= 15 is 0 Å². The van der Waals surface area contributed by atoms with E-state index < -0.39 is 0 Å². The highest BCUT2D eigenvalue weighted by molar-refractivity contribution is 6.35. The third kappa shape index (κ3) is 3.69. The van der Waals surface area contributed by atoms with Crippen LogP contribution in [0, 0.1) is 5.92 Å². The molecule has 0 saturated heterocycles. The molecule has 0 saturated carbocycles. The summed E-state index contributed by atoms with van der Waals surface area (Å²) in [4.78, 5) is 4.31. The summed E-state index contributed by atoms with van der Waals surface area (Å²) in [6.45, 7) is 4.11. The minimum Gasteiger partial charge on any atom is -0.339 e. The number of rotatable bonds is 4. The van der Waals surface area contributed by atoms with Crippen molar-refractivity contribution in [2.75, 3.05) is 0 Å². The molecule has 0 aliphatic rings. The standard InChI is InChI=1S/C13H15Cl2N3O/c1-7(2)11(16)6-12-17-13(18-19-12)8-3-9(14)5-10(15)4-8/h3-5,7,11H,6,16H2,1-2H3. The molecule has 0 bridgehead atoms. The number of hydrogen-bond donors (Lipinski definition) is 1. The molecule has 102 valence electrons. The molecule has 19 heavy (non-hydrogen) atoms. The Morgan fingerprint density at radius 3 is 2.42 bits per heavy atom. The normalized spacial score (nSPS) is 12.9. The van der Waals surface area contributed by atoms with Crippen LogP contribution >= 0.6 is 23.2 Å². The maximum absolute atomic E-state index is 5.97. The Morgan fingerprint density at radius 1 is 1.21 bits per heavy atom. The van der Waals surface area contributed by atoms with Gasteiger partial charge in [0.25, 0.3) is 0 Å². The second kappa shape index (κ2) is 5.90. The van der Waals surface area contributed by atoms with Gasteiger partial charge in [-0.25, -0.2) is 0 Å². The molecule has 1 aromatic heterocycles. The Labute approximate surface area is 121 Å². The van der Waals surface area contributed by atoms with E-state index in [1.54, 1.807) is 18.2 Å². The second-order valence-electron chi connectivity index (χ2n) is 4.78. The Hall–Kier alpha value is -1.10. The fourth-order valence-electron chi connectivity index (χ4n) is 1.58. The van der Waals surface area contributed by atoms with Gasteiger partial charge >= 0.3 is 0 Å². The molecule has 4 nitrogen and oxygen atoms in total. The number of aromatic nitrogens is 2. The van der Waals surface area contributed by atoms with Crippen LogP contribution in [0.1, 0.15) is 19.7 Å². The van der Waals surface area contributed by atoms with Crippen molar-refractivity contribution < 1.29 is 4.52 Å². The van der Waals surface area contributed by atoms with Crippen LogP contribution in [0.25, 0.3) is 11.4 Å². The van der Waals surface area contributed by atoms with E-state index in [4.69, 9.17) is 33.5 Å². The molecule has 2 rings (SSSR count).